The first-order chi connectivity index (χ1) is 10.2. The fraction of sp³-hybridized carbons (Fsp3) is 0.471. The minimum Gasteiger partial charge on any atom is -0.374 e. The van der Waals surface area contributed by atoms with Crippen molar-refractivity contribution in [3.8, 4) is 0 Å². The van der Waals surface area contributed by atoms with Crippen LogP contribution in [0, 0.1) is 0 Å². The Labute approximate surface area is 128 Å². The van der Waals surface area contributed by atoms with Gasteiger partial charge in [0.05, 0.1) is 19.3 Å². The van der Waals surface area contributed by atoms with Crippen molar-refractivity contribution in [2.24, 2.45) is 4.99 Å². The molecule has 0 fully saturated rings. The van der Waals surface area contributed by atoms with E-state index in [1.807, 2.05) is 19.9 Å². The minimum absolute atomic E-state index is 0.257. The zero-order chi connectivity index (χ0) is 15.5. The SMILES string of the molecule is C=CCNC(=NCc1ccc(COC(C)C)cc1)NCC. The third-order valence-electron chi connectivity index (χ3n) is 2.78. The molecule has 0 amide bonds. The summed E-state index contributed by atoms with van der Waals surface area (Å²) in [6, 6.07) is 8.38. The fourth-order valence-electron chi connectivity index (χ4n) is 1.68. The molecule has 21 heavy (non-hydrogen) atoms. The maximum atomic E-state index is 5.59. The highest BCUT2D eigenvalue weighted by Crippen LogP contribution is 2.08. The van der Waals surface area contributed by atoms with Gasteiger partial charge in [0.25, 0.3) is 0 Å². The first-order valence-electron chi connectivity index (χ1n) is 7.48. The monoisotopic (exact) mass is 289 g/mol. The van der Waals surface area contributed by atoms with E-state index in [1.165, 1.54) is 11.1 Å². The van der Waals surface area contributed by atoms with Crippen LogP contribution in [0.4, 0.5) is 0 Å². The second-order valence-electron chi connectivity index (χ2n) is 5.04. The topological polar surface area (TPSA) is 45.7 Å². The van der Waals surface area contributed by atoms with Gasteiger partial charge in [0, 0.05) is 13.1 Å². The van der Waals surface area contributed by atoms with Crippen molar-refractivity contribution in [1.82, 2.24) is 10.6 Å². The van der Waals surface area contributed by atoms with Crippen LogP contribution in [0.15, 0.2) is 41.9 Å². The van der Waals surface area contributed by atoms with Gasteiger partial charge in [-0.05, 0) is 31.9 Å². The Bertz CT molecular complexity index is 438. The molecule has 116 valence electrons. The summed E-state index contributed by atoms with van der Waals surface area (Å²) in [5, 5.41) is 6.39. The van der Waals surface area contributed by atoms with Gasteiger partial charge in [-0.1, -0.05) is 30.3 Å². The van der Waals surface area contributed by atoms with Crippen molar-refractivity contribution in [2.45, 2.75) is 40.0 Å². The van der Waals surface area contributed by atoms with Crippen LogP contribution in [-0.4, -0.2) is 25.2 Å². The standard InChI is InChI=1S/C17H27N3O/c1-5-11-19-17(18-6-2)20-12-15-7-9-16(10-8-15)13-21-14(3)4/h5,7-10,14H,1,6,11-13H2,2-4H3,(H2,18,19,20). The molecule has 0 aliphatic rings. The molecular formula is C17H27N3O. The number of ether oxygens (including phenoxy) is 1. The number of nitrogens with zero attached hydrogens (tertiary/aromatic N) is 1. The van der Waals surface area contributed by atoms with Gasteiger partial charge in [0.2, 0.25) is 0 Å². The predicted molar refractivity (Wildman–Crippen MR) is 89.4 cm³/mol. The van der Waals surface area contributed by atoms with Crippen LogP contribution in [0.1, 0.15) is 31.9 Å². The molecule has 4 heteroatoms. The van der Waals surface area contributed by atoms with E-state index in [2.05, 4.69) is 53.4 Å². The summed E-state index contributed by atoms with van der Waals surface area (Å²) in [5.41, 5.74) is 2.37. The molecule has 0 aliphatic heterocycles. The largest absolute Gasteiger partial charge is 0.374 e. The van der Waals surface area contributed by atoms with E-state index < -0.39 is 0 Å². The van der Waals surface area contributed by atoms with Gasteiger partial charge in [-0.25, -0.2) is 4.99 Å². The van der Waals surface area contributed by atoms with Crippen molar-refractivity contribution >= 4 is 5.96 Å². The van der Waals surface area contributed by atoms with Crippen LogP contribution in [0.5, 0.6) is 0 Å². The van der Waals surface area contributed by atoms with E-state index in [4.69, 9.17) is 4.74 Å². The first kappa shape index (κ1) is 17.2. The maximum Gasteiger partial charge on any atom is 0.191 e. The van der Waals surface area contributed by atoms with E-state index >= 15 is 0 Å². The van der Waals surface area contributed by atoms with Gasteiger partial charge in [-0.3, -0.25) is 0 Å². The Morgan fingerprint density at radius 3 is 2.48 bits per heavy atom. The molecule has 2 N–H and O–H groups in total. The summed E-state index contributed by atoms with van der Waals surface area (Å²) in [5.74, 6) is 0.810. The number of rotatable bonds is 8. The van der Waals surface area contributed by atoms with Crippen molar-refractivity contribution in [2.75, 3.05) is 13.1 Å². The third kappa shape index (κ3) is 7.51. The number of hydrogen-bond donors (Lipinski definition) is 2. The summed E-state index contributed by atoms with van der Waals surface area (Å²) in [6.45, 7) is 12.7. The Kier molecular flexibility index (Phi) is 8.21. The van der Waals surface area contributed by atoms with Crippen molar-refractivity contribution in [3.05, 3.63) is 48.0 Å². The molecular weight excluding hydrogens is 262 g/mol. The van der Waals surface area contributed by atoms with Crippen LogP contribution in [-0.2, 0) is 17.9 Å². The summed E-state index contributed by atoms with van der Waals surface area (Å²) in [7, 11) is 0. The lowest BCUT2D eigenvalue weighted by molar-refractivity contribution is 0.0657. The van der Waals surface area contributed by atoms with Crippen molar-refractivity contribution < 1.29 is 4.74 Å². The van der Waals surface area contributed by atoms with Gasteiger partial charge in [-0.2, -0.15) is 0 Å². The number of hydrogen-bond acceptors (Lipinski definition) is 2. The predicted octanol–water partition coefficient (Wildman–Crippen LogP) is 2.85. The average Bonchev–Trinajstić information content (AvgIpc) is 2.49. The van der Waals surface area contributed by atoms with Gasteiger partial charge in [-0.15, -0.1) is 6.58 Å². The smallest absolute Gasteiger partial charge is 0.191 e. The lowest BCUT2D eigenvalue weighted by Gasteiger charge is -2.10. The number of aliphatic imine (C=N–C) groups is 1. The molecule has 1 aromatic rings. The van der Waals surface area contributed by atoms with E-state index in [9.17, 15) is 0 Å². The summed E-state index contributed by atoms with van der Waals surface area (Å²) in [6.07, 6.45) is 2.07. The molecule has 0 heterocycles. The van der Waals surface area contributed by atoms with Crippen LogP contribution < -0.4 is 10.6 Å². The van der Waals surface area contributed by atoms with Crippen LogP contribution in [0.25, 0.3) is 0 Å². The highest BCUT2D eigenvalue weighted by molar-refractivity contribution is 5.79. The van der Waals surface area contributed by atoms with Gasteiger partial charge in [0.1, 0.15) is 0 Å². The minimum atomic E-state index is 0.257. The molecule has 0 aromatic heterocycles. The molecule has 1 aromatic carbocycles. The van der Waals surface area contributed by atoms with E-state index in [0.29, 0.717) is 19.7 Å². The normalized spacial score (nSPS) is 11.5. The van der Waals surface area contributed by atoms with Gasteiger partial charge < -0.3 is 15.4 Å². The third-order valence-corrected chi connectivity index (χ3v) is 2.78. The van der Waals surface area contributed by atoms with Crippen LogP contribution in [0.3, 0.4) is 0 Å². The zero-order valence-corrected chi connectivity index (χ0v) is 13.4. The maximum absolute atomic E-state index is 5.59. The Morgan fingerprint density at radius 2 is 1.90 bits per heavy atom. The first-order valence-corrected chi connectivity index (χ1v) is 7.48. The Morgan fingerprint density at radius 1 is 1.24 bits per heavy atom. The molecule has 0 radical (unpaired) electrons. The van der Waals surface area contributed by atoms with Crippen molar-refractivity contribution in [3.63, 3.8) is 0 Å². The Hall–Kier alpha value is -1.81. The average molecular weight is 289 g/mol. The highest BCUT2D eigenvalue weighted by atomic mass is 16.5. The van der Waals surface area contributed by atoms with Gasteiger partial charge in [0.15, 0.2) is 5.96 Å². The highest BCUT2D eigenvalue weighted by Gasteiger charge is 1.99. The van der Waals surface area contributed by atoms with Crippen LogP contribution in [0.2, 0.25) is 0 Å². The lowest BCUT2D eigenvalue weighted by atomic mass is 10.1. The summed E-state index contributed by atoms with van der Waals surface area (Å²) >= 11 is 0. The molecule has 0 atom stereocenters. The zero-order valence-electron chi connectivity index (χ0n) is 13.4. The number of guanidine groups is 1. The van der Waals surface area contributed by atoms with E-state index in [1.54, 1.807) is 0 Å². The quantitative estimate of drug-likeness (QED) is 0.439. The number of nitrogens with one attached hydrogen (secondary N) is 2. The molecule has 0 saturated heterocycles. The number of benzene rings is 1. The molecule has 0 bridgehead atoms. The van der Waals surface area contributed by atoms with Gasteiger partial charge >= 0.3 is 0 Å². The fourth-order valence-corrected chi connectivity index (χ4v) is 1.68. The molecule has 4 nitrogen and oxygen atoms in total. The summed E-state index contributed by atoms with van der Waals surface area (Å²) < 4.78 is 5.59. The lowest BCUT2D eigenvalue weighted by Crippen LogP contribution is -2.37. The second kappa shape index (κ2) is 10.00. The molecule has 0 unspecified atom stereocenters. The second-order valence-corrected chi connectivity index (χ2v) is 5.04. The molecule has 0 aliphatic carbocycles. The van der Waals surface area contributed by atoms with Crippen molar-refractivity contribution in [1.29, 1.82) is 0 Å². The summed E-state index contributed by atoms with van der Waals surface area (Å²) in [4.78, 5) is 4.54. The molecule has 0 saturated carbocycles. The van der Waals surface area contributed by atoms with Crippen LogP contribution >= 0.6 is 0 Å². The Balaban J connectivity index is 2.54. The van der Waals surface area contributed by atoms with E-state index in [0.717, 1.165) is 12.5 Å². The molecule has 1 rings (SSSR count). The van der Waals surface area contributed by atoms with E-state index in [-0.39, 0.29) is 6.10 Å². The molecule has 0 spiro atoms.